The number of carbonyl (C=O) groups excluding carboxylic acids is 1. The Bertz CT molecular complexity index is 986. The van der Waals surface area contributed by atoms with E-state index in [1.54, 1.807) is 41.3 Å². The minimum absolute atomic E-state index is 0.0831. The van der Waals surface area contributed by atoms with Gasteiger partial charge in [0.25, 0.3) is 5.91 Å². The predicted molar refractivity (Wildman–Crippen MR) is 97.1 cm³/mol. The van der Waals surface area contributed by atoms with Crippen LogP contribution in [-0.4, -0.2) is 44.4 Å². The third-order valence-electron chi connectivity index (χ3n) is 4.53. The first-order valence-electron chi connectivity index (χ1n) is 8.15. The molecule has 7 heteroatoms. The normalized spacial score (nSPS) is 16.2. The molecule has 4 rings (SSSR count). The number of fused-ring (bicyclic) bond motifs is 1. The van der Waals surface area contributed by atoms with Crippen molar-refractivity contribution in [3.05, 3.63) is 70.4 Å². The van der Waals surface area contributed by atoms with E-state index in [-0.39, 0.29) is 24.8 Å². The molecule has 1 aliphatic rings. The van der Waals surface area contributed by atoms with Crippen LogP contribution in [0, 0.1) is 0 Å². The van der Waals surface area contributed by atoms with Crippen molar-refractivity contribution in [1.82, 2.24) is 15.1 Å². The van der Waals surface area contributed by atoms with Gasteiger partial charge in [-0.2, -0.15) is 5.10 Å². The van der Waals surface area contributed by atoms with Crippen molar-refractivity contribution in [3.63, 3.8) is 0 Å². The van der Waals surface area contributed by atoms with Gasteiger partial charge in [-0.15, -0.1) is 0 Å². The van der Waals surface area contributed by atoms with E-state index >= 15 is 0 Å². The number of β-amino-alcohol motifs (C(OH)–C–C–N with tert-alkyl or cyclic N) is 1. The second-order valence-electron chi connectivity index (χ2n) is 6.06. The molecule has 1 atom stereocenters. The summed E-state index contributed by atoms with van der Waals surface area (Å²) in [7, 11) is 0. The van der Waals surface area contributed by atoms with Crippen molar-refractivity contribution in [2.75, 3.05) is 13.2 Å². The molecule has 3 N–H and O–H groups in total. The number of benzene rings is 2. The summed E-state index contributed by atoms with van der Waals surface area (Å²) < 4.78 is 0. The largest absolute Gasteiger partial charge is 0.507 e. The maximum absolute atomic E-state index is 12.8. The van der Waals surface area contributed by atoms with Gasteiger partial charge in [-0.1, -0.05) is 35.9 Å². The first-order chi connectivity index (χ1) is 12.6. The highest BCUT2D eigenvalue weighted by atomic mass is 35.5. The van der Waals surface area contributed by atoms with Crippen LogP contribution in [0.3, 0.4) is 0 Å². The number of halogens is 1. The molecule has 2 heterocycles. The molecule has 0 aliphatic carbocycles. The Morgan fingerprint density at radius 2 is 2.00 bits per heavy atom. The van der Waals surface area contributed by atoms with Crippen molar-refractivity contribution >= 4 is 17.5 Å². The molecule has 26 heavy (non-hydrogen) atoms. The van der Waals surface area contributed by atoms with E-state index in [0.29, 0.717) is 27.5 Å². The fraction of sp³-hybridized carbons (Fsp3) is 0.158. The first-order valence-corrected chi connectivity index (χ1v) is 8.53. The van der Waals surface area contributed by atoms with E-state index in [1.165, 1.54) is 0 Å². The van der Waals surface area contributed by atoms with Gasteiger partial charge in [-0.25, -0.2) is 0 Å². The summed E-state index contributed by atoms with van der Waals surface area (Å²) >= 11 is 6.15. The number of H-pyrrole nitrogens is 1. The number of phenols is 1. The molecule has 1 amide bonds. The summed E-state index contributed by atoms with van der Waals surface area (Å²) in [5.41, 5.74) is 2.90. The Hall–Kier alpha value is -2.83. The predicted octanol–water partition coefficient (Wildman–Crippen LogP) is 2.97. The molecule has 0 bridgehead atoms. The first kappa shape index (κ1) is 16.6. The molecular weight excluding hydrogens is 354 g/mol. The fourth-order valence-electron chi connectivity index (χ4n) is 3.44. The molecule has 1 aromatic heterocycles. The highest BCUT2D eigenvalue weighted by molar-refractivity contribution is 6.30. The van der Waals surface area contributed by atoms with Gasteiger partial charge in [-0.05, 0) is 29.8 Å². The number of nitrogens with zero attached hydrogens (tertiary/aromatic N) is 2. The molecule has 0 saturated carbocycles. The molecular formula is C19H16ClN3O3. The van der Waals surface area contributed by atoms with Crippen molar-refractivity contribution in [3.8, 4) is 17.0 Å². The molecule has 0 spiro atoms. The number of carbonyl (C=O) groups is 1. The number of phenolic OH excluding ortho intramolecular Hbond substituents is 1. The number of aromatic amines is 1. The van der Waals surface area contributed by atoms with E-state index in [9.17, 15) is 15.0 Å². The lowest BCUT2D eigenvalue weighted by Gasteiger charge is -2.25. The number of hydrogen-bond acceptors (Lipinski definition) is 4. The number of hydrogen-bond donors (Lipinski definition) is 3. The zero-order chi connectivity index (χ0) is 18.3. The quantitative estimate of drug-likeness (QED) is 0.659. The number of nitrogens with one attached hydrogen (secondary N) is 1. The molecule has 2 aromatic carbocycles. The highest BCUT2D eigenvalue weighted by Gasteiger charge is 2.42. The van der Waals surface area contributed by atoms with Crippen LogP contribution in [-0.2, 0) is 0 Å². The molecule has 0 radical (unpaired) electrons. The molecule has 0 unspecified atom stereocenters. The maximum Gasteiger partial charge on any atom is 0.273 e. The lowest BCUT2D eigenvalue weighted by molar-refractivity contribution is 0.0706. The van der Waals surface area contributed by atoms with Crippen molar-refractivity contribution < 1.29 is 15.0 Å². The summed E-state index contributed by atoms with van der Waals surface area (Å²) in [6.07, 6.45) is 0. The van der Waals surface area contributed by atoms with Crippen LogP contribution in [0.4, 0.5) is 0 Å². The van der Waals surface area contributed by atoms with Crippen LogP contribution in [0.15, 0.2) is 48.5 Å². The van der Waals surface area contributed by atoms with Gasteiger partial charge in [0.2, 0.25) is 0 Å². The third kappa shape index (κ3) is 2.55. The van der Waals surface area contributed by atoms with Crippen LogP contribution in [0.2, 0.25) is 5.02 Å². The van der Waals surface area contributed by atoms with E-state index in [2.05, 4.69) is 10.2 Å². The number of aromatic nitrogens is 2. The number of aliphatic hydroxyl groups is 1. The number of para-hydroxylation sites is 1. The summed E-state index contributed by atoms with van der Waals surface area (Å²) in [5.74, 6) is -0.159. The fourth-order valence-corrected chi connectivity index (χ4v) is 3.64. The van der Waals surface area contributed by atoms with Crippen LogP contribution in [0.25, 0.3) is 11.3 Å². The van der Waals surface area contributed by atoms with Crippen molar-refractivity contribution in [1.29, 1.82) is 0 Å². The smallest absolute Gasteiger partial charge is 0.273 e. The average molecular weight is 370 g/mol. The van der Waals surface area contributed by atoms with Gasteiger partial charge in [0.15, 0.2) is 0 Å². The van der Waals surface area contributed by atoms with Gasteiger partial charge < -0.3 is 15.1 Å². The lowest BCUT2D eigenvalue weighted by atomic mass is 9.96. The minimum Gasteiger partial charge on any atom is -0.507 e. The van der Waals surface area contributed by atoms with E-state index in [1.807, 2.05) is 12.1 Å². The monoisotopic (exact) mass is 369 g/mol. The molecule has 0 fully saturated rings. The molecule has 6 nitrogen and oxygen atoms in total. The van der Waals surface area contributed by atoms with Crippen LogP contribution in [0.5, 0.6) is 5.75 Å². The van der Waals surface area contributed by atoms with E-state index in [0.717, 1.165) is 5.56 Å². The topological polar surface area (TPSA) is 89.5 Å². The second-order valence-corrected chi connectivity index (χ2v) is 6.49. The van der Waals surface area contributed by atoms with Crippen LogP contribution < -0.4 is 0 Å². The van der Waals surface area contributed by atoms with Gasteiger partial charge in [-0.3, -0.25) is 9.89 Å². The van der Waals surface area contributed by atoms with Crippen molar-refractivity contribution in [2.45, 2.75) is 6.04 Å². The Morgan fingerprint density at radius 1 is 1.19 bits per heavy atom. The van der Waals surface area contributed by atoms with Crippen molar-refractivity contribution in [2.24, 2.45) is 0 Å². The van der Waals surface area contributed by atoms with Crippen LogP contribution >= 0.6 is 11.6 Å². The third-order valence-corrected chi connectivity index (χ3v) is 4.76. The standard InChI is InChI=1S/C19H16ClN3O3/c20-12-5-3-4-11(10-12)18-15-16(13-6-1-2-7-14(13)25)21-22-17(15)19(26)23(18)8-9-24/h1-7,10,18,24-25H,8-9H2,(H,21,22)/t18-/m0/s1. The van der Waals surface area contributed by atoms with E-state index < -0.39 is 6.04 Å². The molecule has 1 aliphatic heterocycles. The molecule has 0 saturated heterocycles. The molecule has 132 valence electrons. The SMILES string of the molecule is O=C1c2[nH]nc(-c3ccccc3O)c2[C@H](c2cccc(Cl)c2)N1CCO. The Balaban J connectivity index is 1.93. The average Bonchev–Trinajstić information content (AvgIpc) is 3.16. The zero-order valence-electron chi connectivity index (χ0n) is 13.7. The summed E-state index contributed by atoms with van der Waals surface area (Å²) in [5, 5.41) is 27.3. The zero-order valence-corrected chi connectivity index (χ0v) is 14.4. The summed E-state index contributed by atoms with van der Waals surface area (Å²) in [4.78, 5) is 14.4. The highest BCUT2D eigenvalue weighted by Crippen LogP contribution is 2.44. The van der Waals surface area contributed by atoms with Gasteiger partial charge in [0, 0.05) is 22.7 Å². The summed E-state index contributed by atoms with van der Waals surface area (Å²) in [6.45, 7) is 0.0190. The molecule has 3 aromatic rings. The summed E-state index contributed by atoms with van der Waals surface area (Å²) in [6, 6.07) is 13.7. The number of rotatable bonds is 4. The second kappa shape index (κ2) is 6.48. The van der Waals surface area contributed by atoms with E-state index in [4.69, 9.17) is 11.6 Å². The minimum atomic E-state index is -0.447. The van der Waals surface area contributed by atoms with Gasteiger partial charge in [0.05, 0.1) is 12.6 Å². The Morgan fingerprint density at radius 3 is 2.73 bits per heavy atom. The number of amides is 1. The van der Waals surface area contributed by atoms with Gasteiger partial charge in [0.1, 0.15) is 17.1 Å². The Labute approximate surface area is 154 Å². The lowest BCUT2D eigenvalue weighted by Crippen LogP contribution is -2.32. The maximum atomic E-state index is 12.8. The van der Waals surface area contributed by atoms with Crippen LogP contribution in [0.1, 0.15) is 27.7 Å². The van der Waals surface area contributed by atoms with Gasteiger partial charge >= 0.3 is 0 Å². The Kier molecular flexibility index (Phi) is 4.14. The number of aromatic hydroxyl groups is 1. The number of aliphatic hydroxyl groups excluding tert-OH is 1.